The van der Waals surface area contributed by atoms with E-state index in [4.69, 9.17) is 0 Å². The lowest BCUT2D eigenvalue weighted by Gasteiger charge is -2.23. The summed E-state index contributed by atoms with van der Waals surface area (Å²) in [6, 6.07) is 15.2. The van der Waals surface area contributed by atoms with Crippen LogP contribution in [0.1, 0.15) is 30.1 Å². The molecule has 26 heavy (non-hydrogen) atoms. The Hall–Kier alpha value is -1.82. The summed E-state index contributed by atoms with van der Waals surface area (Å²) in [5, 5.41) is 4.87. The van der Waals surface area contributed by atoms with Gasteiger partial charge in [0.15, 0.2) is 0 Å². The number of sulfone groups is 1. The van der Waals surface area contributed by atoms with E-state index in [-0.39, 0.29) is 12.4 Å². The predicted octanol–water partition coefficient (Wildman–Crippen LogP) is 3.78. The van der Waals surface area contributed by atoms with Crippen LogP contribution in [-0.2, 0) is 23.3 Å². The number of nitrogens with one attached hydrogen (secondary N) is 1. The molecule has 2 aromatic carbocycles. The van der Waals surface area contributed by atoms with Crippen LogP contribution in [0.15, 0.2) is 58.3 Å². The highest BCUT2D eigenvalue weighted by Crippen LogP contribution is 2.42. The summed E-state index contributed by atoms with van der Waals surface area (Å²) in [6.45, 7) is 0. The van der Waals surface area contributed by atoms with Gasteiger partial charge in [0.25, 0.3) is 0 Å². The highest BCUT2D eigenvalue weighted by molar-refractivity contribution is 7.91. The number of hydrogen-bond acceptors (Lipinski definition) is 3. The van der Waals surface area contributed by atoms with Crippen LogP contribution >= 0.6 is 12.4 Å². The molecule has 2 bridgehead atoms. The zero-order chi connectivity index (χ0) is 17.2. The Kier molecular flexibility index (Phi) is 4.14. The summed E-state index contributed by atoms with van der Waals surface area (Å²) in [4.78, 5) is 0.705. The van der Waals surface area contributed by atoms with Gasteiger partial charge in [-0.25, -0.2) is 8.42 Å². The van der Waals surface area contributed by atoms with Crippen molar-refractivity contribution in [1.82, 2.24) is 9.88 Å². The van der Waals surface area contributed by atoms with Crippen molar-refractivity contribution in [3.05, 3.63) is 59.8 Å². The quantitative estimate of drug-likeness (QED) is 0.726. The van der Waals surface area contributed by atoms with Crippen LogP contribution in [0.25, 0.3) is 10.9 Å². The van der Waals surface area contributed by atoms with E-state index in [1.54, 1.807) is 30.3 Å². The Morgan fingerprint density at radius 2 is 1.81 bits per heavy atom. The van der Waals surface area contributed by atoms with Gasteiger partial charge in [0.2, 0.25) is 9.84 Å². The first-order valence-electron chi connectivity index (χ1n) is 8.73. The lowest BCUT2D eigenvalue weighted by molar-refractivity contribution is 0.503. The van der Waals surface area contributed by atoms with E-state index in [9.17, 15) is 8.42 Å². The van der Waals surface area contributed by atoms with Crippen LogP contribution in [0.5, 0.6) is 0 Å². The lowest BCUT2D eigenvalue weighted by atomic mass is 9.99. The van der Waals surface area contributed by atoms with E-state index >= 15 is 0 Å². The van der Waals surface area contributed by atoms with E-state index in [0.29, 0.717) is 21.9 Å². The lowest BCUT2D eigenvalue weighted by Crippen LogP contribution is -2.32. The summed E-state index contributed by atoms with van der Waals surface area (Å²) in [6.07, 6.45) is 3.42. The second-order valence-corrected chi connectivity index (χ2v) is 9.06. The number of rotatable bonds is 2. The van der Waals surface area contributed by atoms with E-state index in [2.05, 4.69) is 16.9 Å². The Balaban J connectivity index is 0.00000168. The molecule has 1 N–H and O–H groups in total. The van der Waals surface area contributed by atoms with Gasteiger partial charge < -0.3 is 9.88 Å². The van der Waals surface area contributed by atoms with Crippen LogP contribution < -0.4 is 5.32 Å². The van der Waals surface area contributed by atoms with E-state index in [1.807, 2.05) is 18.2 Å². The maximum Gasteiger partial charge on any atom is 0.206 e. The van der Waals surface area contributed by atoms with E-state index in [0.717, 1.165) is 11.9 Å². The monoisotopic (exact) mass is 388 g/mol. The number of benzene rings is 2. The maximum atomic E-state index is 12.9. The zero-order valence-electron chi connectivity index (χ0n) is 14.5. The second-order valence-electron chi connectivity index (χ2n) is 7.11. The van der Waals surface area contributed by atoms with E-state index < -0.39 is 9.84 Å². The number of fused-ring (bicyclic) bond motifs is 6. The first kappa shape index (κ1) is 17.6. The van der Waals surface area contributed by atoms with E-state index in [1.165, 1.54) is 29.5 Å². The minimum absolute atomic E-state index is 0. The van der Waals surface area contributed by atoms with Gasteiger partial charge >= 0.3 is 0 Å². The van der Waals surface area contributed by atoms with Crippen LogP contribution in [0.2, 0.25) is 0 Å². The highest BCUT2D eigenvalue weighted by Gasteiger charge is 2.36. The summed E-state index contributed by atoms with van der Waals surface area (Å²) >= 11 is 0. The van der Waals surface area contributed by atoms with Crippen LogP contribution in [0.4, 0.5) is 0 Å². The molecule has 136 valence electrons. The van der Waals surface area contributed by atoms with Crippen molar-refractivity contribution in [3.63, 3.8) is 0 Å². The second kappa shape index (κ2) is 6.12. The minimum atomic E-state index is -3.49. The number of halogens is 1. The molecule has 1 fully saturated rings. The molecule has 2 unspecified atom stereocenters. The van der Waals surface area contributed by atoms with Gasteiger partial charge in [-0.1, -0.05) is 24.3 Å². The van der Waals surface area contributed by atoms with Crippen LogP contribution in [0, 0.1) is 0 Å². The number of hydrogen-bond donors (Lipinski definition) is 1. The summed E-state index contributed by atoms with van der Waals surface area (Å²) in [5.41, 5.74) is 3.74. The van der Waals surface area contributed by atoms with Crippen molar-refractivity contribution >= 4 is 33.1 Å². The topological polar surface area (TPSA) is 51.1 Å². The van der Waals surface area contributed by atoms with Crippen molar-refractivity contribution in [1.29, 1.82) is 0 Å². The normalized spacial score (nSPS) is 21.4. The zero-order valence-corrected chi connectivity index (χ0v) is 16.1. The molecule has 0 aliphatic carbocycles. The largest absolute Gasteiger partial charge is 0.347 e. The third-order valence-electron chi connectivity index (χ3n) is 5.73. The van der Waals surface area contributed by atoms with Gasteiger partial charge in [-0.15, -0.1) is 12.4 Å². The first-order valence-corrected chi connectivity index (χ1v) is 10.2. The molecule has 1 saturated heterocycles. The van der Waals surface area contributed by atoms with Gasteiger partial charge in [0.1, 0.15) is 0 Å². The van der Waals surface area contributed by atoms with Crippen molar-refractivity contribution in [2.75, 3.05) is 0 Å². The van der Waals surface area contributed by atoms with Crippen molar-refractivity contribution in [3.8, 4) is 0 Å². The Morgan fingerprint density at radius 3 is 2.58 bits per heavy atom. The van der Waals surface area contributed by atoms with Gasteiger partial charge in [-0.3, -0.25) is 0 Å². The Bertz CT molecular complexity index is 1090. The number of nitrogens with zero attached hydrogens (tertiary/aromatic N) is 1. The van der Waals surface area contributed by atoms with Gasteiger partial charge in [-0.2, -0.15) is 0 Å². The summed E-state index contributed by atoms with van der Waals surface area (Å²) < 4.78 is 28.1. The van der Waals surface area contributed by atoms with Crippen LogP contribution in [0.3, 0.4) is 0 Å². The predicted molar refractivity (Wildman–Crippen MR) is 105 cm³/mol. The smallest absolute Gasteiger partial charge is 0.206 e. The Labute approximate surface area is 159 Å². The fourth-order valence-corrected chi connectivity index (χ4v) is 5.78. The third kappa shape index (κ3) is 2.42. The molecule has 0 amide bonds. The molecule has 2 aliphatic rings. The molecule has 0 radical (unpaired) electrons. The average molecular weight is 389 g/mol. The molecule has 3 heterocycles. The molecule has 4 nitrogen and oxygen atoms in total. The SMILES string of the molecule is Cl.Cn1c2c(c3ccc(S(=O)(=O)c4ccccc4)cc31)C1CCC(C2)N1. The molecular weight excluding hydrogens is 368 g/mol. The van der Waals surface area contributed by atoms with Gasteiger partial charge in [-0.05, 0) is 42.7 Å². The molecule has 6 heteroatoms. The third-order valence-corrected chi connectivity index (χ3v) is 7.50. The average Bonchev–Trinajstić information content (AvgIpc) is 3.15. The molecule has 0 spiro atoms. The summed E-state index contributed by atoms with van der Waals surface area (Å²) in [7, 11) is -1.43. The van der Waals surface area contributed by atoms with Gasteiger partial charge in [0, 0.05) is 42.1 Å². The van der Waals surface area contributed by atoms with Crippen LogP contribution in [-0.4, -0.2) is 19.0 Å². The maximum absolute atomic E-state index is 12.9. The fraction of sp³-hybridized carbons (Fsp3) is 0.300. The van der Waals surface area contributed by atoms with Gasteiger partial charge in [0.05, 0.1) is 9.79 Å². The Morgan fingerprint density at radius 1 is 1.04 bits per heavy atom. The standard InChI is InChI=1S/C20H20N2O2S.ClH/c1-22-18-12-15(25(23,24)14-5-3-2-4-6-14)8-9-16(18)20-17-10-7-13(21-17)11-19(20)22;/h2-6,8-9,12-13,17,21H,7,10-11H2,1H3;1H. The van der Waals surface area contributed by atoms with Crippen molar-refractivity contribution < 1.29 is 8.42 Å². The molecule has 5 rings (SSSR count). The number of aromatic nitrogens is 1. The first-order chi connectivity index (χ1) is 12.1. The molecule has 0 saturated carbocycles. The molecule has 3 aromatic rings. The number of aryl methyl sites for hydroxylation is 1. The summed E-state index contributed by atoms with van der Waals surface area (Å²) in [5.74, 6) is 0. The molecule has 2 aliphatic heterocycles. The molecule has 2 atom stereocenters. The minimum Gasteiger partial charge on any atom is -0.347 e. The van der Waals surface area contributed by atoms with Crippen molar-refractivity contribution in [2.24, 2.45) is 7.05 Å². The fourth-order valence-electron chi connectivity index (χ4n) is 4.48. The highest BCUT2D eigenvalue weighted by atomic mass is 35.5. The molecular formula is C20H21ClN2O2S. The molecule has 1 aromatic heterocycles. The van der Waals surface area contributed by atoms with Crippen molar-refractivity contribution in [2.45, 2.75) is 41.1 Å².